The van der Waals surface area contributed by atoms with Gasteiger partial charge in [0.25, 0.3) is 5.91 Å². The molecular weight excluding hydrogens is 311 g/mol. The predicted octanol–water partition coefficient (Wildman–Crippen LogP) is 2.80. The lowest BCUT2D eigenvalue weighted by Crippen LogP contribution is -2.57. The van der Waals surface area contributed by atoms with Gasteiger partial charge in [0.05, 0.1) is 5.56 Å². The number of nitrogens with one attached hydrogen (secondary N) is 1. The highest BCUT2D eigenvalue weighted by Gasteiger charge is 2.39. The number of benzene rings is 1. The van der Waals surface area contributed by atoms with Gasteiger partial charge in [-0.15, -0.1) is 0 Å². The zero-order valence-electron chi connectivity index (χ0n) is 11.2. The number of amides is 1. The monoisotopic (exact) mass is 328 g/mol. The molecule has 1 aliphatic rings. The van der Waals surface area contributed by atoms with Crippen molar-refractivity contribution < 1.29 is 9.18 Å². The fraction of sp³-hybridized carbons (Fsp3) is 0.500. The first-order valence-corrected chi connectivity index (χ1v) is 7.15. The molecule has 1 aromatic rings. The Hall–Kier alpha value is -0.940. The predicted molar refractivity (Wildman–Crippen MR) is 76.7 cm³/mol. The van der Waals surface area contributed by atoms with Crippen LogP contribution in [-0.2, 0) is 0 Å². The lowest BCUT2D eigenvalue weighted by molar-refractivity contribution is 0.0556. The number of likely N-dealkylation sites (N-methyl/N-ethyl adjacent to an activating group) is 1. The van der Waals surface area contributed by atoms with Crippen molar-refractivity contribution in [1.29, 1.82) is 0 Å². The highest BCUT2D eigenvalue weighted by atomic mass is 79.9. The van der Waals surface area contributed by atoms with Crippen LogP contribution in [0.4, 0.5) is 4.39 Å². The van der Waals surface area contributed by atoms with Crippen molar-refractivity contribution in [3.05, 3.63) is 34.1 Å². The van der Waals surface area contributed by atoms with Crippen molar-refractivity contribution in [3.8, 4) is 0 Å². The fourth-order valence-corrected chi connectivity index (χ4v) is 2.74. The van der Waals surface area contributed by atoms with Crippen molar-refractivity contribution in [1.82, 2.24) is 10.2 Å². The molecule has 0 aliphatic heterocycles. The van der Waals surface area contributed by atoms with Crippen LogP contribution in [0, 0.1) is 5.82 Å². The topological polar surface area (TPSA) is 32.3 Å². The smallest absolute Gasteiger partial charge is 0.254 e. The molecule has 1 aliphatic carbocycles. The van der Waals surface area contributed by atoms with E-state index in [0.29, 0.717) is 11.0 Å². The number of halogens is 2. The summed E-state index contributed by atoms with van der Waals surface area (Å²) < 4.78 is 14.3. The molecular formula is C14H18BrFN2O. The summed E-state index contributed by atoms with van der Waals surface area (Å²) in [7, 11) is 4.04. The molecule has 2 rings (SSSR count). The van der Waals surface area contributed by atoms with Gasteiger partial charge in [0.2, 0.25) is 0 Å². The van der Waals surface area contributed by atoms with Gasteiger partial charge < -0.3 is 10.2 Å². The maximum Gasteiger partial charge on any atom is 0.254 e. The Kier molecular flexibility index (Phi) is 4.26. The van der Waals surface area contributed by atoms with Gasteiger partial charge in [-0.2, -0.15) is 0 Å². The second-order valence-corrected chi connectivity index (χ2v) is 6.19. The van der Waals surface area contributed by atoms with Gasteiger partial charge in [-0.05, 0) is 51.6 Å². The van der Waals surface area contributed by atoms with Gasteiger partial charge in [-0.1, -0.05) is 15.9 Å². The first-order chi connectivity index (χ1) is 8.94. The van der Waals surface area contributed by atoms with Crippen LogP contribution < -0.4 is 5.32 Å². The summed E-state index contributed by atoms with van der Waals surface area (Å²) in [5.41, 5.74) is 0.126. The zero-order valence-corrected chi connectivity index (χ0v) is 12.8. The average Bonchev–Trinajstić information content (AvgIpc) is 2.30. The highest BCUT2D eigenvalue weighted by Crippen LogP contribution is 2.35. The molecule has 1 saturated carbocycles. The molecule has 0 aromatic heterocycles. The molecule has 5 heteroatoms. The van der Waals surface area contributed by atoms with Crippen LogP contribution in [0.1, 0.15) is 29.6 Å². The normalized spacial score (nSPS) is 17.1. The molecule has 0 spiro atoms. The molecule has 0 atom stereocenters. The molecule has 1 fully saturated rings. The molecule has 19 heavy (non-hydrogen) atoms. The average molecular weight is 329 g/mol. The minimum Gasteiger partial charge on any atom is -0.350 e. The van der Waals surface area contributed by atoms with E-state index in [-0.39, 0.29) is 17.0 Å². The molecule has 104 valence electrons. The third-order valence-corrected chi connectivity index (χ3v) is 4.48. The largest absolute Gasteiger partial charge is 0.350 e. The number of hydrogen-bond acceptors (Lipinski definition) is 2. The van der Waals surface area contributed by atoms with E-state index < -0.39 is 5.82 Å². The standard InChI is InChI=1S/C14H18BrFN2O/c1-18(2)14(6-3-7-14)9-17-13(19)11-8-10(15)4-5-12(11)16/h4-5,8H,3,6-7,9H2,1-2H3,(H,17,19). The lowest BCUT2D eigenvalue weighted by Gasteiger charge is -2.47. The maximum absolute atomic E-state index is 13.6. The molecule has 1 amide bonds. The van der Waals surface area contributed by atoms with Gasteiger partial charge in [0, 0.05) is 16.6 Å². The maximum atomic E-state index is 13.6. The van der Waals surface area contributed by atoms with Gasteiger partial charge in [0.1, 0.15) is 5.82 Å². The lowest BCUT2D eigenvalue weighted by atomic mass is 9.75. The number of nitrogens with zero attached hydrogens (tertiary/aromatic N) is 1. The van der Waals surface area contributed by atoms with Gasteiger partial charge in [-0.3, -0.25) is 4.79 Å². The Morgan fingerprint density at radius 2 is 2.16 bits per heavy atom. The van der Waals surface area contributed by atoms with E-state index in [9.17, 15) is 9.18 Å². The number of carbonyl (C=O) groups excluding carboxylic acids is 1. The third kappa shape index (κ3) is 2.98. The summed E-state index contributed by atoms with van der Waals surface area (Å²) in [4.78, 5) is 14.2. The Balaban J connectivity index is 2.03. The van der Waals surface area contributed by atoms with Crippen LogP contribution in [0.2, 0.25) is 0 Å². The molecule has 0 radical (unpaired) electrons. The molecule has 1 aromatic carbocycles. The first-order valence-electron chi connectivity index (χ1n) is 6.35. The first kappa shape index (κ1) is 14.5. The molecule has 1 N–H and O–H groups in total. The summed E-state index contributed by atoms with van der Waals surface area (Å²) in [5, 5.41) is 2.85. The Bertz CT molecular complexity index is 486. The van der Waals surface area contributed by atoms with Crippen LogP contribution >= 0.6 is 15.9 Å². The summed E-state index contributed by atoms with van der Waals surface area (Å²) in [6, 6.07) is 4.39. The van der Waals surface area contributed by atoms with Crippen LogP contribution in [0.15, 0.2) is 22.7 Å². The van der Waals surface area contributed by atoms with E-state index in [1.807, 2.05) is 14.1 Å². The molecule has 0 bridgehead atoms. The van der Waals surface area contributed by atoms with Crippen LogP contribution in [0.25, 0.3) is 0 Å². The summed E-state index contributed by atoms with van der Waals surface area (Å²) >= 11 is 3.25. The number of carbonyl (C=O) groups is 1. The van der Waals surface area contributed by atoms with E-state index in [0.717, 1.165) is 12.8 Å². The highest BCUT2D eigenvalue weighted by molar-refractivity contribution is 9.10. The SMILES string of the molecule is CN(C)C1(CNC(=O)c2cc(Br)ccc2F)CCC1. The summed E-state index contributed by atoms with van der Waals surface area (Å²) in [5.74, 6) is -0.847. The van der Waals surface area contributed by atoms with Crippen LogP contribution in [-0.4, -0.2) is 37.0 Å². The summed E-state index contributed by atoms with van der Waals surface area (Å²) in [6.07, 6.45) is 3.32. The van der Waals surface area contributed by atoms with E-state index >= 15 is 0 Å². The third-order valence-electron chi connectivity index (χ3n) is 3.98. The van der Waals surface area contributed by atoms with Gasteiger partial charge in [-0.25, -0.2) is 4.39 Å². The van der Waals surface area contributed by atoms with Crippen LogP contribution in [0.3, 0.4) is 0 Å². The minimum atomic E-state index is -0.492. The van der Waals surface area contributed by atoms with Gasteiger partial charge >= 0.3 is 0 Å². The van der Waals surface area contributed by atoms with Crippen molar-refractivity contribution in [2.24, 2.45) is 0 Å². The summed E-state index contributed by atoms with van der Waals surface area (Å²) in [6.45, 7) is 0.560. The second-order valence-electron chi connectivity index (χ2n) is 5.28. The number of rotatable bonds is 4. The van der Waals surface area contributed by atoms with Crippen molar-refractivity contribution in [3.63, 3.8) is 0 Å². The molecule has 0 saturated heterocycles. The van der Waals surface area contributed by atoms with E-state index in [1.165, 1.54) is 18.6 Å². The molecule has 0 heterocycles. The van der Waals surface area contributed by atoms with E-state index in [2.05, 4.69) is 26.1 Å². The van der Waals surface area contributed by atoms with Crippen LogP contribution in [0.5, 0.6) is 0 Å². The van der Waals surface area contributed by atoms with Crippen molar-refractivity contribution >= 4 is 21.8 Å². The minimum absolute atomic E-state index is 0.0398. The van der Waals surface area contributed by atoms with Crippen molar-refractivity contribution in [2.75, 3.05) is 20.6 Å². The Labute approximate surface area is 121 Å². The van der Waals surface area contributed by atoms with Gasteiger partial charge in [0.15, 0.2) is 0 Å². The van der Waals surface area contributed by atoms with E-state index in [1.54, 1.807) is 6.07 Å². The second kappa shape index (κ2) is 5.59. The molecule has 0 unspecified atom stereocenters. The Morgan fingerprint density at radius 3 is 2.68 bits per heavy atom. The zero-order chi connectivity index (χ0) is 14.0. The Morgan fingerprint density at radius 1 is 1.47 bits per heavy atom. The van der Waals surface area contributed by atoms with Crippen molar-refractivity contribution in [2.45, 2.75) is 24.8 Å². The van der Waals surface area contributed by atoms with E-state index in [4.69, 9.17) is 0 Å². The molecule has 3 nitrogen and oxygen atoms in total. The number of hydrogen-bond donors (Lipinski definition) is 1. The quantitative estimate of drug-likeness (QED) is 0.921. The fourth-order valence-electron chi connectivity index (χ4n) is 2.38.